The molecule has 0 aromatic heterocycles. The van der Waals surface area contributed by atoms with Gasteiger partial charge in [-0.15, -0.1) is 0 Å². The third kappa shape index (κ3) is 1.91. The lowest BCUT2D eigenvalue weighted by Gasteiger charge is -2.40. The molecule has 3 rings (SSSR count). The van der Waals surface area contributed by atoms with Gasteiger partial charge in [0.1, 0.15) is 0 Å². The second kappa shape index (κ2) is 3.99. The van der Waals surface area contributed by atoms with Gasteiger partial charge in [-0.05, 0) is 43.6 Å². The summed E-state index contributed by atoms with van der Waals surface area (Å²) < 4.78 is 0. The van der Waals surface area contributed by atoms with Crippen molar-refractivity contribution in [1.29, 1.82) is 0 Å². The summed E-state index contributed by atoms with van der Waals surface area (Å²) in [6.07, 6.45) is 5.85. The maximum absolute atomic E-state index is 2.76. The van der Waals surface area contributed by atoms with Crippen LogP contribution in [0.5, 0.6) is 0 Å². The van der Waals surface area contributed by atoms with E-state index in [9.17, 15) is 0 Å². The summed E-state index contributed by atoms with van der Waals surface area (Å²) in [4.78, 5) is 5.48. The first-order valence-electron chi connectivity index (χ1n) is 7.16. The highest BCUT2D eigenvalue weighted by Crippen LogP contribution is 2.52. The van der Waals surface area contributed by atoms with Crippen LogP contribution in [0.3, 0.4) is 0 Å². The minimum atomic E-state index is 0.709. The molecule has 2 saturated heterocycles. The van der Waals surface area contributed by atoms with Crippen molar-refractivity contribution in [2.75, 3.05) is 32.7 Å². The fourth-order valence-electron chi connectivity index (χ4n) is 3.72. The van der Waals surface area contributed by atoms with Crippen molar-refractivity contribution in [3.05, 3.63) is 0 Å². The minimum absolute atomic E-state index is 0.709. The van der Waals surface area contributed by atoms with Crippen LogP contribution in [0, 0.1) is 11.3 Å². The molecule has 0 bridgehead atoms. The van der Waals surface area contributed by atoms with E-state index in [0.717, 1.165) is 12.0 Å². The molecule has 0 aromatic rings. The lowest BCUT2D eigenvalue weighted by molar-refractivity contribution is 0.0790. The Balaban J connectivity index is 1.56. The largest absolute Gasteiger partial charge is 0.300 e. The Morgan fingerprint density at radius 1 is 1.19 bits per heavy atom. The monoisotopic (exact) mass is 222 g/mol. The Labute approximate surface area is 100.0 Å². The topological polar surface area (TPSA) is 6.48 Å². The molecule has 1 aliphatic carbocycles. The van der Waals surface area contributed by atoms with Crippen LogP contribution in [0.4, 0.5) is 0 Å². The van der Waals surface area contributed by atoms with Gasteiger partial charge in [0.2, 0.25) is 0 Å². The number of fused-ring (bicyclic) bond motifs is 1. The summed E-state index contributed by atoms with van der Waals surface area (Å²) in [7, 11) is 0. The van der Waals surface area contributed by atoms with Gasteiger partial charge < -0.3 is 0 Å². The summed E-state index contributed by atoms with van der Waals surface area (Å²) in [5.41, 5.74) is 0.709. The van der Waals surface area contributed by atoms with Crippen LogP contribution in [0.25, 0.3) is 0 Å². The average molecular weight is 222 g/mol. The number of piperazine rings is 1. The van der Waals surface area contributed by atoms with E-state index in [1.165, 1.54) is 58.4 Å². The number of hydrogen-bond donors (Lipinski definition) is 0. The molecule has 2 nitrogen and oxygen atoms in total. The zero-order chi connectivity index (χ0) is 11.2. The average Bonchev–Trinajstić information content (AvgIpc) is 2.90. The van der Waals surface area contributed by atoms with Gasteiger partial charge in [0, 0.05) is 32.2 Å². The fourth-order valence-corrected chi connectivity index (χ4v) is 3.72. The van der Waals surface area contributed by atoms with Crippen LogP contribution >= 0.6 is 0 Å². The van der Waals surface area contributed by atoms with Crippen LogP contribution in [0.1, 0.15) is 39.5 Å². The maximum atomic E-state index is 2.76. The molecule has 0 N–H and O–H groups in total. The van der Waals surface area contributed by atoms with E-state index < -0.39 is 0 Å². The maximum Gasteiger partial charge on any atom is 0.0224 e. The zero-order valence-corrected chi connectivity index (χ0v) is 10.9. The van der Waals surface area contributed by atoms with Crippen LogP contribution in [-0.2, 0) is 0 Å². The van der Waals surface area contributed by atoms with Gasteiger partial charge in [0.25, 0.3) is 0 Å². The van der Waals surface area contributed by atoms with Crippen LogP contribution in [0.15, 0.2) is 0 Å². The summed E-state index contributed by atoms with van der Waals surface area (Å²) in [6.45, 7) is 11.6. The van der Waals surface area contributed by atoms with Gasteiger partial charge in [-0.25, -0.2) is 0 Å². The van der Waals surface area contributed by atoms with Gasteiger partial charge in [-0.3, -0.25) is 9.80 Å². The quantitative estimate of drug-likeness (QED) is 0.722. The van der Waals surface area contributed by atoms with E-state index in [-0.39, 0.29) is 0 Å². The van der Waals surface area contributed by atoms with Crippen molar-refractivity contribution < 1.29 is 0 Å². The first kappa shape index (κ1) is 11.0. The Morgan fingerprint density at radius 2 is 2.00 bits per heavy atom. The summed E-state index contributed by atoms with van der Waals surface area (Å²) in [5, 5.41) is 0. The van der Waals surface area contributed by atoms with E-state index in [1.54, 1.807) is 0 Å². The van der Waals surface area contributed by atoms with Crippen molar-refractivity contribution >= 4 is 0 Å². The normalized spacial score (nSPS) is 34.3. The van der Waals surface area contributed by atoms with Gasteiger partial charge in [0.15, 0.2) is 0 Å². The molecule has 3 fully saturated rings. The highest BCUT2D eigenvalue weighted by atomic mass is 15.3. The Hall–Kier alpha value is -0.0800. The van der Waals surface area contributed by atoms with E-state index >= 15 is 0 Å². The predicted molar refractivity (Wildman–Crippen MR) is 67.5 cm³/mol. The SMILES string of the molecule is CC(C)C1(CN2CCN3CCCC3C2)CC1. The summed E-state index contributed by atoms with van der Waals surface area (Å²) in [6, 6.07) is 0.900. The first-order chi connectivity index (χ1) is 7.70. The molecule has 2 heteroatoms. The molecule has 0 amide bonds. The highest BCUT2D eigenvalue weighted by molar-refractivity contribution is 4.99. The zero-order valence-electron chi connectivity index (χ0n) is 10.9. The molecule has 1 unspecified atom stereocenters. The summed E-state index contributed by atoms with van der Waals surface area (Å²) >= 11 is 0. The fraction of sp³-hybridized carbons (Fsp3) is 1.00. The van der Waals surface area contributed by atoms with Crippen molar-refractivity contribution in [3.63, 3.8) is 0 Å². The van der Waals surface area contributed by atoms with E-state index in [4.69, 9.17) is 0 Å². The number of hydrogen-bond acceptors (Lipinski definition) is 2. The molecule has 92 valence electrons. The third-order valence-corrected chi connectivity index (χ3v) is 5.33. The molecular weight excluding hydrogens is 196 g/mol. The molecule has 2 heterocycles. The Kier molecular flexibility index (Phi) is 2.75. The molecule has 0 spiro atoms. The van der Waals surface area contributed by atoms with Crippen molar-refractivity contribution in [2.24, 2.45) is 11.3 Å². The summed E-state index contributed by atoms with van der Waals surface area (Å²) in [5.74, 6) is 0.883. The van der Waals surface area contributed by atoms with E-state index in [2.05, 4.69) is 23.6 Å². The van der Waals surface area contributed by atoms with Gasteiger partial charge in [-0.1, -0.05) is 13.8 Å². The van der Waals surface area contributed by atoms with Gasteiger partial charge in [0.05, 0.1) is 0 Å². The molecule has 16 heavy (non-hydrogen) atoms. The second-order valence-electron chi connectivity index (χ2n) is 6.58. The van der Waals surface area contributed by atoms with Gasteiger partial charge in [-0.2, -0.15) is 0 Å². The predicted octanol–water partition coefficient (Wildman–Crippen LogP) is 2.20. The highest BCUT2D eigenvalue weighted by Gasteiger charge is 2.47. The lowest BCUT2D eigenvalue weighted by Crippen LogP contribution is -2.51. The van der Waals surface area contributed by atoms with Crippen molar-refractivity contribution in [3.8, 4) is 0 Å². The molecule has 2 aliphatic heterocycles. The molecule has 1 saturated carbocycles. The van der Waals surface area contributed by atoms with Crippen LogP contribution in [-0.4, -0.2) is 48.6 Å². The molecule has 0 aromatic carbocycles. The molecule has 0 radical (unpaired) electrons. The lowest BCUT2D eigenvalue weighted by atomic mass is 9.91. The smallest absolute Gasteiger partial charge is 0.0224 e. The number of nitrogens with zero attached hydrogens (tertiary/aromatic N) is 2. The van der Waals surface area contributed by atoms with Crippen molar-refractivity contribution in [2.45, 2.75) is 45.6 Å². The van der Waals surface area contributed by atoms with Crippen molar-refractivity contribution in [1.82, 2.24) is 9.80 Å². The van der Waals surface area contributed by atoms with Crippen LogP contribution in [0.2, 0.25) is 0 Å². The third-order valence-electron chi connectivity index (χ3n) is 5.33. The van der Waals surface area contributed by atoms with Gasteiger partial charge >= 0.3 is 0 Å². The molecule has 1 atom stereocenters. The van der Waals surface area contributed by atoms with Crippen LogP contribution < -0.4 is 0 Å². The Bertz CT molecular complexity index is 257. The minimum Gasteiger partial charge on any atom is -0.300 e. The second-order valence-corrected chi connectivity index (χ2v) is 6.58. The Morgan fingerprint density at radius 3 is 2.69 bits per heavy atom. The van der Waals surface area contributed by atoms with E-state index in [0.29, 0.717) is 5.41 Å². The number of rotatable bonds is 3. The molecule has 3 aliphatic rings. The first-order valence-corrected chi connectivity index (χ1v) is 7.16. The molecular formula is C14H26N2. The van der Waals surface area contributed by atoms with E-state index in [1.807, 2.05) is 0 Å². The standard InChI is InChI=1S/C14H26N2/c1-12(2)14(5-6-14)11-15-8-9-16-7-3-4-13(16)10-15/h12-13H,3-11H2,1-2H3.